The highest BCUT2D eigenvalue weighted by Crippen LogP contribution is 2.25. The van der Waals surface area contributed by atoms with Crippen LogP contribution in [0, 0.1) is 13.8 Å². The van der Waals surface area contributed by atoms with Crippen LogP contribution >= 0.6 is 11.6 Å². The van der Waals surface area contributed by atoms with Crippen molar-refractivity contribution >= 4 is 38.9 Å². The van der Waals surface area contributed by atoms with E-state index in [4.69, 9.17) is 11.6 Å². The standard InChI is InChI=1S/C18H17ClN4O2S/c1-12-6-8-14(9-7-12)26(24,25)23-18-11-10-17(21-22-18)20-16-5-3-4-15(19)13(16)2/h3-11H,1-2H3,(H,20,21)(H,22,23). The Kier molecular flexibility index (Phi) is 5.11. The summed E-state index contributed by atoms with van der Waals surface area (Å²) in [4.78, 5) is 0.168. The maximum atomic E-state index is 12.4. The Labute approximate surface area is 157 Å². The van der Waals surface area contributed by atoms with Crippen LogP contribution in [0.5, 0.6) is 0 Å². The van der Waals surface area contributed by atoms with Gasteiger partial charge < -0.3 is 5.32 Å². The summed E-state index contributed by atoms with van der Waals surface area (Å²) in [6.07, 6.45) is 0. The Hall–Kier alpha value is -2.64. The molecule has 0 aliphatic heterocycles. The molecule has 3 aromatic rings. The Morgan fingerprint density at radius 1 is 0.885 bits per heavy atom. The number of benzene rings is 2. The fraction of sp³-hybridized carbons (Fsp3) is 0.111. The van der Waals surface area contributed by atoms with Gasteiger partial charge in [-0.3, -0.25) is 4.72 Å². The maximum absolute atomic E-state index is 12.4. The second-order valence-electron chi connectivity index (χ2n) is 5.76. The summed E-state index contributed by atoms with van der Waals surface area (Å²) in [6.45, 7) is 3.78. The fourth-order valence-corrected chi connectivity index (χ4v) is 3.42. The molecule has 1 heterocycles. The van der Waals surface area contributed by atoms with Crippen LogP contribution in [0.4, 0.5) is 17.3 Å². The third-order valence-electron chi connectivity index (χ3n) is 3.77. The van der Waals surface area contributed by atoms with Gasteiger partial charge in [0.25, 0.3) is 10.0 Å². The first-order valence-corrected chi connectivity index (χ1v) is 9.66. The molecule has 0 spiro atoms. The summed E-state index contributed by atoms with van der Waals surface area (Å²) >= 11 is 6.09. The van der Waals surface area contributed by atoms with Crippen molar-refractivity contribution in [2.45, 2.75) is 18.7 Å². The summed E-state index contributed by atoms with van der Waals surface area (Å²) in [7, 11) is -3.70. The van der Waals surface area contributed by atoms with Gasteiger partial charge in [0.1, 0.15) is 0 Å². The molecule has 8 heteroatoms. The average molecular weight is 389 g/mol. The van der Waals surface area contributed by atoms with Gasteiger partial charge in [-0.1, -0.05) is 35.4 Å². The summed E-state index contributed by atoms with van der Waals surface area (Å²) in [5.41, 5.74) is 2.68. The predicted molar refractivity (Wildman–Crippen MR) is 103 cm³/mol. The normalized spacial score (nSPS) is 11.2. The number of hydrogen-bond acceptors (Lipinski definition) is 5. The van der Waals surface area contributed by atoms with Crippen molar-refractivity contribution in [1.29, 1.82) is 0 Å². The molecule has 2 N–H and O–H groups in total. The monoisotopic (exact) mass is 388 g/mol. The second kappa shape index (κ2) is 7.31. The third-order valence-corrected chi connectivity index (χ3v) is 5.55. The van der Waals surface area contributed by atoms with E-state index in [2.05, 4.69) is 20.2 Å². The molecule has 0 aliphatic rings. The lowest BCUT2D eigenvalue weighted by atomic mass is 10.2. The Morgan fingerprint density at radius 2 is 1.54 bits per heavy atom. The highest BCUT2D eigenvalue weighted by atomic mass is 35.5. The second-order valence-corrected chi connectivity index (χ2v) is 7.85. The van der Waals surface area contributed by atoms with Gasteiger partial charge >= 0.3 is 0 Å². The van der Waals surface area contributed by atoms with Crippen molar-refractivity contribution in [3.05, 3.63) is 70.7 Å². The Morgan fingerprint density at radius 3 is 2.19 bits per heavy atom. The molecule has 1 aromatic heterocycles. The molecule has 0 saturated heterocycles. The summed E-state index contributed by atoms with van der Waals surface area (Å²) in [5.74, 6) is 0.618. The van der Waals surface area contributed by atoms with Crippen LogP contribution in [-0.4, -0.2) is 18.6 Å². The van der Waals surface area contributed by atoms with Crippen LogP contribution in [0.15, 0.2) is 59.5 Å². The van der Waals surface area contributed by atoms with Crippen molar-refractivity contribution in [2.75, 3.05) is 10.0 Å². The lowest BCUT2D eigenvalue weighted by Gasteiger charge is -2.10. The predicted octanol–water partition coefficient (Wildman–Crippen LogP) is 4.29. The molecular weight excluding hydrogens is 372 g/mol. The lowest BCUT2D eigenvalue weighted by molar-refractivity contribution is 0.601. The van der Waals surface area contributed by atoms with Gasteiger partial charge in [-0.15, -0.1) is 10.2 Å². The molecule has 2 aromatic carbocycles. The van der Waals surface area contributed by atoms with E-state index in [1.807, 2.05) is 26.0 Å². The molecule has 0 atom stereocenters. The van der Waals surface area contributed by atoms with Gasteiger partial charge in [0.05, 0.1) is 4.90 Å². The number of nitrogens with zero attached hydrogens (tertiary/aromatic N) is 2. The minimum atomic E-state index is -3.70. The molecule has 0 radical (unpaired) electrons. The zero-order chi connectivity index (χ0) is 18.7. The van der Waals surface area contributed by atoms with Gasteiger partial charge in [0.15, 0.2) is 11.6 Å². The molecular formula is C18H17ClN4O2S. The first-order chi connectivity index (χ1) is 12.3. The van der Waals surface area contributed by atoms with Gasteiger partial charge in [0.2, 0.25) is 0 Å². The van der Waals surface area contributed by atoms with Gasteiger partial charge in [-0.05, 0) is 55.8 Å². The summed E-state index contributed by atoms with van der Waals surface area (Å²) in [5, 5.41) is 11.7. The number of sulfonamides is 1. The smallest absolute Gasteiger partial charge is 0.263 e. The largest absolute Gasteiger partial charge is 0.338 e. The van der Waals surface area contributed by atoms with Crippen LogP contribution in [-0.2, 0) is 10.0 Å². The van der Waals surface area contributed by atoms with Crippen molar-refractivity contribution < 1.29 is 8.42 Å². The first kappa shape index (κ1) is 18.2. The zero-order valence-electron chi connectivity index (χ0n) is 14.2. The van der Waals surface area contributed by atoms with E-state index in [1.54, 1.807) is 42.5 Å². The zero-order valence-corrected chi connectivity index (χ0v) is 15.8. The SMILES string of the molecule is Cc1ccc(S(=O)(=O)Nc2ccc(Nc3cccc(Cl)c3C)nn2)cc1. The molecule has 0 saturated carbocycles. The average Bonchev–Trinajstić information content (AvgIpc) is 2.61. The van der Waals surface area contributed by atoms with E-state index in [1.165, 1.54) is 0 Å². The van der Waals surface area contributed by atoms with Gasteiger partial charge in [0, 0.05) is 10.7 Å². The molecule has 0 fully saturated rings. The third kappa shape index (κ3) is 4.12. The van der Waals surface area contributed by atoms with Crippen LogP contribution in [0.1, 0.15) is 11.1 Å². The highest BCUT2D eigenvalue weighted by Gasteiger charge is 2.15. The van der Waals surface area contributed by atoms with E-state index in [-0.39, 0.29) is 10.7 Å². The molecule has 3 rings (SSSR count). The number of nitrogens with one attached hydrogen (secondary N) is 2. The van der Waals surface area contributed by atoms with Crippen molar-refractivity contribution in [2.24, 2.45) is 0 Å². The number of hydrogen-bond donors (Lipinski definition) is 2. The number of aryl methyl sites for hydroxylation is 1. The minimum absolute atomic E-state index is 0.138. The molecule has 0 bridgehead atoms. The number of rotatable bonds is 5. The van der Waals surface area contributed by atoms with E-state index in [0.29, 0.717) is 10.8 Å². The summed E-state index contributed by atoms with van der Waals surface area (Å²) < 4.78 is 27.1. The van der Waals surface area contributed by atoms with E-state index in [0.717, 1.165) is 16.8 Å². The topological polar surface area (TPSA) is 84.0 Å². The molecule has 0 unspecified atom stereocenters. The molecule has 6 nitrogen and oxygen atoms in total. The van der Waals surface area contributed by atoms with Crippen molar-refractivity contribution in [3.63, 3.8) is 0 Å². The lowest BCUT2D eigenvalue weighted by Crippen LogP contribution is -2.14. The van der Waals surface area contributed by atoms with Crippen LogP contribution in [0.2, 0.25) is 5.02 Å². The molecule has 0 amide bonds. The minimum Gasteiger partial charge on any atom is -0.338 e. The van der Waals surface area contributed by atoms with Gasteiger partial charge in [-0.2, -0.15) is 0 Å². The number of halogens is 1. The first-order valence-electron chi connectivity index (χ1n) is 7.80. The molecule has 134 valence electrons. The number of anilines is 3. The highest BCUT2D eigenvalue weighted by molar-refractivity contribution is 7.92. The number of aromatic nitrogens is 2. The van der Waals surface area contributed by atoms with E-state index in [9.17, 15) is 8.42 Å². The van der Waals surface area contributed by atoms with Gasteiger partial charge in [-0.25, -0.2) is 8.42 Å². The van der Waals surface area contributed by atoms with E-state index < -0.39 is 10.0 Å². The summed E-state index contributed by atoms with van der Waals surface area (Å²) in [6, 6.07) is 15.2. The van der Waals surface area contributed by atoms with E-state index >= 15 is 0 Å². The fourth-order valence-electron chi connectivity index (χ4n) is 2.25. The Balaban J connectivity index is 1.75. The molecule has 0 aliphatic carbocycles. The van der Waals surface area contributed by atoms with Crippen LogP contribution in [0.3, 0.4) is 0 Å². The van der Waals surface area contributed by atoms with Crippen LogP contribution in [0.25, 0.3) is 0 Å². The molecule has 26 heavy (non-hydrogen) atoms. The van der Waals surface area contributed by atoms with Crippen molar-refractivity contribution in [1.82, 2.24) is 10.2 Å². The Bertz CT molecular complexity index is 1020. The van der Waals surface area contributed by atoms with Crippen LogP contribution < -0.4 is 10.0 Å². The maximum Gasteiger partial charge on any atom is 0.263 e. The quantitative estimate of drug-likeness (QED) is 0.681. The van der Waals surface area contributed by atoms with Crippen molar-refractivity contribution in [3.8, 4) is 0 Å².